The molecule has 0 aromatic carbocycles. The van der Waals surface area contributed by atoms with E-state index in [-0.39, 0.29) is 19.3 Å². The average Bonchev–Trinajstić information content (AvgIpc) is 2.17. The third kappa shape index (κ3) is 5.83. The molecule has 2 atom stereocenters. The lowest BCUT2D eigenvalue weighted by Gasteiger charge is -2.30. The number of carbonyl (C=O) groups is 1. The quantitative estimate of drug-likeness (QED) is 0.639. The molecule has 0 aliphatic heterocycles. The zero-order valence-corrected chi connectivity index (χ0v) is 10.6. The molecule has 0 heterocycles. The molecule has 7 nitrogen and oxygen atoms in total. The van der Waals surface area contributed by atoms with Gasteiger partial charge in [-0.3, -0.25) is 0 Å². The molecule has 0 spiro atoms. The summed E-state index contributed by atoms with van der Waals surface area (Å²) in [6.45, 7) is 6.92. The van der Waals surface area contributed by atoms with Gasteiger partial charge in [-0.2, -0.15) is 0 Å². The van der Waals surface area contributed by atoms with Crippen LogP contribution in [0.1, 0.15) is 27.7 Å². The predicted molar refractivity (Wildman–Crippen MR) is 58.7 cm³/mol. The van der Waals surface area contributed by atoms with Gasteiger partial charge in [-0.1, -0.05) is 0 Å². The van der Waals surface area contributed by atoms with Crippen molar-refractivity contribution >= 4 is 6.09 Å². The van der Waals surface area contributed by atoms with Crippen LogP contribution in [0, 0.1) is 0 Å². The molecule has 0 radical (unpaired) electrons. The summed E-state index contributed by atoms with van der Waals surface area (Å²) in [6, 6.07) is 0. The highest BCUT2D eigenvalue weighted by Gasteiger charge is 2.31. The number of hydrogen-bond donors (Lipinski definition) is 2. The Bertz CT molecular complexity index is 211. The third-order valence-corrected chi connectivity index (χ3v) is 1.65. The topological polar surface area (TPSA) is 88.5 Å². The second-order valence-electron chi connectivity index (χ2n) is 3.40. The van der Waals surface area contributed by atoms with E-state index in [0.717, 1.165) is 0 Å². The van der Waals surface area contributed by atoms with E-state index in [1.165, 1.54) is 0 Å². The van der Waals surface area contributed by atoms with Gasteiger partial charge in [-0.25, -0.2) is 9.69 Å². The molecule has 0 saturated heterocycles. The molecular formula is C10H21NO6. The van der Waals surface area contributed by atoms with Gasteiger partial charge in [-0.05, 0) is 27.7 Å². The number of ether oxygens (including phenoxy) is 3. The fourth-order valence-corrected chi connectivity index (χ4v) is 1.01. The minimum Gasteiger partial charge on any atom is -0.446 e. The number of nitrogens with zero attached hydrogens (tertiary/aromatic N) is 1. The second kappa shape index (κ2) is 8.24. The molecule has 17 heavy (non-hydrogen) atoms. The zero-order valence-electron chi connectivity index (χ0n) is 10.6. The summed E-state index contributed by atoms with van der Waals surface area (Å²) in [6.07, 6.45) is -4.53. The molecule has 0 aromatic heterocycles. The molecule has 2 N–H and O–H groups in total. The van der Waals surface area contributed by atoms with Crippen LogP contribution in [0.3, 0.4) is 0 Å². The van der Waals surface area contributed by atoms with Crippen LogP contribution in [-0.2, 0) is 14.2 Å². The van der Waals surface area contributed by atoms with Crippen LogP contribution < -0.4 is 0 Å². The maximum atomic E-state index is 11.6. The SMILES string of the molecule is CCOC(O)N(C(=O)OC(C)C)C(O)OCC. The smallest absolute Gasteiger partial charge is 0.418 e. The Labute approximate surface area is 101 Å². The van der Waals surface area contributed by atoms with Crippen molar-refractivity contribution in [2.75, 3.05) is 13.2 Å². The number of rotatable bonds is 7. The van der Waals surface area contributed by atoms with Crippen LogP contribution in [0.15, 0.2) is 0 Å². The maximum Gasteiger partial charge on any atom is 0.418 e. The van der Waals surface area contributed by atoms with Gasteiger partial charge in [0.1, 0.15) is 0 Å². The van der Waals surface area contributed by atoms with Gasteiger partial charge in [0.15, 0.2) is 0 Å². The zero-order chi connectivity index (χ0) is 13.4. The molecule has 2 unspecified atom stereocenters. The van der Waals surface area contributed by atoms with Gasteiger partial charge in [0.25, 0.3) is 0 Å². The number of hydrogen-bond acceptors (Lipinski definition) is 6. The van der Waals surface area contributed by atoms with E-state index in [2.05, 4.69) is 0 Å². The highest BCUT2D eigenvalue weighted by Crippen LogP contribution is 2.09. The summed E-state index contributed by atoms with van der Waals surface area (Å²) < 4.78 is 14.5. The molecule has 0 fully saturated rings. The minimum absolute atomic E-state index is 0.172. The van der Waals surface area contributed by atoms with Crippen molar-refractivity contribution in [3.05, 3.63) is 0 Å². The number of carbonyl (C=O) groups excluding carboxylic acids is 1. The van der Waals surface area contributed by atoms with Crippen molar-refractivity contribution in [3.8, 4) is 0 Å². The molecular weight excluding hydrogens is 230 g/mol. The first-order valence-corrected chi connectivity index (χ1v) is 5.52. The molecule has 1 amide bonds. The van der Waals surface area contributed by atoms with Crippen molar-refractivity contribution in [1.82, 2.24) is 4.90 Å². The van der Waals surface area contributed by atoms with Crippen LogP contribution in [0.4, 0.5) is 4.79 Å². The first kappa shape index (κ1) is 16.1. The standard InChI is InChI=1S/C10H21NO6/c1-5-15-8(12)11(9(13)16-6-2)10(14)17-7(3)4/h7-9,12-13H,5-6H2,1-4H3. The summed E-state index contributed by atoms with van der Waals surface area (Å²) in [5.41, 5.74) is 0. The van der Waals surface area contributed by atoms with Crippen molar-refractivity contribution in [1.29, 1.82) is 0 Å². The molecule has 0 aromatic rings. The third-order valence-electron chi connectivity index (χ3n) is 1.65. The molecule has 0 saturated carbocycles. The molecule has 7 heteroatoms. The number of amides is 1. The lowest BCUT2D eigenvalue weighted by atomic mass is 10.5. The largest absolute Gasteiger partial charge is 0.446 e. The van der Waals surface area contributed by atoms with Crippen molar-refractivity contribution < 1.29 is 29.2 Å². The minimum atomic E-state index is -1.62. The van der Waals surface area contributed by atoms with Crippen LogP contribution >= 0.6 is 0 Å². The van der Waals surface area contributed by atoms with E-state index in [1.807, 2.05) is 0 Å². The Kier molecular flexibility index (Phi) is 7.81. The molecule has 102 valence electrons. The number of aliphatic hydroxyl groups is 2. The molecule has 0 aliphatic rings. The molecule has 0 bridgehead atoms. The van der Waals surface area contributed by atoms with Crippen molar-refractivity contribution in [3.63, 3.8) is 0 Å². The summed E-state index contributed by atoms with van der Waals surface area (Å²) in [4.78, 5) is 12.2. The summed E-state index contributed by atoms with van der Waals surface area (Å²) in [5.74, 6) is 0. The lowest BCUT2D eigenvalue weighted by Crippen LogP contribution is -2.50. The second-order valence-corrected chi connectivity index (χ2v) is 3.40. The normalized spacial score (nSPS) is 14.5. The van der Waals surface area contributed by atoms with E-state index in [4.69, 9.17) is 14.2 Å². The van der Waals surface area contributed by atoms with E-state index in [0.29, 0.717) is 4.90 Å². The first-order valence-electron chi connectivity index (χ1n) is 5.52. The van der Waals surface area contributed by atoms with Gasteiger partial charge in [-0.15, -0.1) is 0 Å². The monoisotopic (exact) mass is 251 g/mol. The van der Waals surface area contributed by atoms with E-state index in [1.54, 1.807) is 27.7 Å². The molecule has 0 rings (SSSR count). The number of aliphatic hydroxyl groups excluding tert-OH is 2. The van der Waals surface area contributed by atoms with Gasteiger partial charge >= 0.3 is 6.09 Å². The Morgan fingerprint density at radius 1 is 1.12 bits per heavy atom. The Hall–Kier alpha value is -0.890. The highest BCUT2D eigenvalue weighted by molar-refractivity contribution is 5.67. The Morgan fingerprint density at radius 3 is 1.82 bits per heavy atom. The van der Waals surface area contributed by atoms with Crippen molar-refractivity contribution in [2.45, 2.75) is 46.6 Å². The van der Waals surface area contributed by atoms with E-state index < -0.39 is 18.9 Å². The van der Waals surface area contributed by atoms with Crippen LogP contribution in [0.5, 0.6) is 0 Å². The van der Waals surface area contributed by atoms with Gasteiger partial charge in [0, 0.05) is 13.2 Å². The summed E-state index contributed by atoms with van der Waals surface area (Å²) in [5, 5.41) is 19.1. The lowest BCUT2D eigenvalue weighted by molar-refractivity contribution is -0.277. The fraction of sp³-hybridized carbons (Fsp3) is 0.900. The van der Waals surface area contributed by atoms with Crippen LogP contribution in [0.2, 0.25) is 0 Å². The van der Waals surface area contributed by atoms with E-state index in [9.17, 15) is 15.0 Å². The highest BCUT2D eigenvalue weighted by atomic mass is 16.7. The predicted octanol–water partition coefficient (Wildman–Crippen LogP) is 0.458. The first-order chi connectivity index (χ1) is 7.93. The van der Waals surface area contributed by atoms with Gasteiger partial charge in [0.2, 0.25) is 12.8 Å². The summed E-state index contributed by atoms with van der Waals surface area (Å²) in [7, 11) is 0. The van der Waals surface area contributed by atoms with Gasteiger partial charge < -0.3 is 24.4 Å². The maximum absolute atomic E-state index is 11.6. The van der Waals surface area contributed by atoms with Crippen LogP contribution in [-0.4, -0.2) is 53.4 Å². The average molecular weight is 251 g/mol. The summed E-state index contributed by atoms with van der Waals surface area (Å²) >= 11 is 0. The van der Waals surface area contributed by atoms with Crippen molar-refractivity contribution in [2.24, 2.45) is 0 Å². The molecule has 0 aliphatic carbocycles. The van der Waals surface area contributed by atoms with Crippen LogP contribution in [0.25, 0.3) is 0 Å². The Morgan fingerprint density at radius 2 is 1.53 bits per heavy atom. The fourth-order valence-electron chi connectivity index (χ4n) is 1.01. The Balaban J connectivity index is 4.64. The van der Waals surface area contributed by atoms with Gasteiger partial charge in [0.05, 0.1) is 6.10 Å². The van der Waals surface area contributed by atoms with E-state index >= 15 is 0 Å².